The first kappa shape index (κ1) is 13.2. The number of methoxy groups -OCH3 is 1. The summed E-state index contributed by atoms with van der Waals surface area (Å²) in [6, 6.07) is 0. The number of nitrogens with two attached hydrogens (primary N) is 1. The van der Waals surface area contributed by atoms with E-state index in [2.05, 4.69) is 9.47 Å². The maximum atomic E-state index is 12.6. The van der Waals surface area contributed by atoms with Crippen LogP contribution in [0.5, 0.6) is 0 Å². The standard InChI is InChI=1S/C9H14F3NO3/c1-3-16-6(14)7(13)4-8(5-7,15-2)9(10,11)12/h3-5,13H2,1-2H3. The summed E-state index contributed by atoms with van der Waals surface area (Å²) in [5, 5.41) is 0. The third-order valence-electron chi connectivity index (χ3n) is 2.79. The van der Waals surface area contributed by atoms with Gasteiger partial charge in [-0.3, -0.25) is 4.79 Å². The molecule has 0 aromatic rings. The molecule has 0 heterocycles. The predicted molar refractivity (Wildman–Crippen MR) is 48.6 cm³/mol. The molecule has 1 fully saturated rings. The van der Waals surface area contributed by atoms with Crippen LogP contribution < -0.4 is 5.73 Å². The van der Waals surface area contributed by atoms with Gasteiger partial charge in [0.05, 0.1) is 6.61 Å². The zero-order valence-corrected chi connectivity index (χ0v) is 9.06. The second kappa shape index (κ2) is 3.89. The molecule has 0 spiro atoms. The minimum absolute atomic E-state index is 0.0871. The fourth-order valence-electron chi connectivity index (χ4n) is 1.85. The number of carbonyl (C=O) groups is 1. The summed E-state index contributed by atoms with van der Waals surface area (Å²) in [5.41, 5.74) is 1.63. The number of hydrogen-bond donors (Lipinski definition) is 1. The van der Waals surface area contributed by atoms with Crippen molar-refractivity contribution in [2.45, 2.75) is 37.1 Å². The van der Waals surface area contributed by atoms with Crippen LogP contribution in [-0.4, -0.2) is 37.0 Å². The van der Waals surface area contributed by atoms with Gasteiger partial charge in [-0.05, 0) is 6.92 Å². The Morgan fingerprint density at radius 2 is 1.94 bits per heavy atom. The molecule has 4 nitrogen and oxygen atoms in total. The highest BCUT2D eigenvalue weighted by molar-refractivity contribution is 5.82. The van der Waals surface area contributed by atoms with Crippen LogP contribution in [0.15, 0.2) is 0 Å². The van der Waals surface area contributed by atoms with Gasteiger partial charge in [0.15, 0.2) is 5.60 Å². The van der Waals surface area contributed by atoms with E-state index in [0.29, 0.717) is 0 Å². The highest BCUT2D eigenvalue weighted by Crippen LogP contribution is 2.52. The van der Waals surface area contributed by atoms with Crippen molar-refractivity contribution in [2.24, 2.45) is 5.73 Å². The largest absolute Gasteiger partial charge is 0.465 e. The van der Waals surface area contributed by atoms with E-state index < -0.39 is 36.1 Å². The third kappa shape index (κ3) is 1.89. The van der Waals surface area contributed by atoms with E-state index in [1.165, 1.54) is 0 Å². The molecule has 0 saturated heterocycles. The average Bonchev–Trinajstić information content (AvgIpc) is 2.10. The van der Waals surface area contributed by atoms with E-state index in [4.69, 9.17) is 5.73 Å². The normalized spacial score (nSPS) is 34.4. The maximum absolute atomic E-state index is 12.6. The Morgan fingerprint density at radius 1 is 1.44 bits per heavy atom. The van der Waals surface area contributed by atoms with Crippen molar-refractivity contribution in [1.29, 1.82) is 0 Å². The smallest absolute Gasteiger partial charge is 0.417 e. The van der Waals surface area contributed by atoms with Crippen molar-refractivity contribution < 1.29 is 27.4 Å². The quantitative estimate of drug-likeness (QED) is 0.748. The molecule has 16 heavy (non-hydrogen) atoms. The maximum Gasteiger partial charge on any atom is 0.417 e. The van der Waals surface area contributed by atoms with Gasteiger partial charge in [-0.15, -0.1) is 0 Å². The van der Waals surface area contributed by atoms with Crippen LogP contribution >= 0.6 is 0 Å². The molecule has 1 saturated carbocycles. The SMILES string of the molecule is CCOC(=O)C1(N)CC(OC)(C(F)(F)F)C1. The molecule has 1 rings (SSSR count). The number of ether oxygens (including phenoxy) is 2. The van der Waals surface area contributed by atoms with Crippen LogP contribution in [-0.2, 0) is 14.3 Å². The third-order valence-corrected chi connectivity index (χ3v) is 2.79. The predicted octanol–water partition coefficient (Wildman–Crippen LogP) is 0.988. The Hall–Kier alpha value is -0.820. The molecule has 2 N–H and O–H groups in total. The van der Waals surface area contributed by atoms with E-state index in [-0.39, 0.29) is 6.61 Å². The van der Waals surface area contributed by atoms with Crippen molar-refractivity contribution in [3.63, 3.8) is 0 Å². The summed E-state index contributed by atoms with van der Waals surface area (Å²) in [6.45, 7) is 1.65. The topological polar surface area (TPSA) is 61.5 Å². The van der Waals surface area contributed by atoms with E-state index >= 15 is 0 Å². The lowest BCUT2D eigenvalue weighted by Gasteiger charge is -2.51. The summed E-state index contributed by atoms with van der Waals surface area (Å²) < 4.78 is 46.9. The Kier molecular flexibility index (Phi) is 3.22. The van der Waals surface area contributed by atoms with Gasteiger partial charge in [0.1, 0.15) is 5.54 Å². The molecule has 0 unspecified atom stereocenters. The lowest BCUT2D eigenvalue weighted by Crippen LogP contribution is -2.72. The lowest BCUT2D eigenvalue weighted by atomic mass is 9.64. The molecule has 7 heteroatoms. The van der Waals surface area contributed by atoms with Crippen LogP contribution in [0.1, 0.15) is 19.8 Å². The van der Waals surface area contributed by atoms with Crippen LogP contribution in [0.4, 0.5) is 13.2 Å². The lowest BCUT2D eigenvalue weighted by molar-refractivity contribution is -0.310. The van der Waals surface area contributed by atoms with Gasteiger partial charge in [0.25, 0.3) is 0 Å². The van der Waals surface area contributed by atoms with Crippen LogP contribution in [0.2, 0.25) is 0 Å². The summed E-state index contributed by atoms with van der Waals surface area (Å²) in [4.78, 5) is 11.3. The molecule has 1 aliphatic carbocycles. The summed E-state index contributed by atoms with van der Waals surface area (Å²) in [6.07, 6.45) is -5.73. The number of alkyl halides is 3. The molecular formula is C9H14F3NO3. The van der Waals surface area contributed by atoms with Gasteiger partial charge in [-0.25, -0.2) is 0 Å². The second-order valence-electron chi connectivity index (χ2n) is 3.93. The molecule has 0 aromatic heterocycles. The number of rotatable bonds is 3. The van der Waals surface area contributed by atoms with Crippen molar-refractivity contribution in [3.8, 4) is 0 Å². The fraction of sp³-hybridized carbons (Fsp3) is 0.889. The highest BCUT2D eigenvalue weighted by Gasteiger charge is 2.70. The highest BCUT2D eigenvalue weighted by atomic mass is 19.4. The second-order valence-corrected chi connectivity index (χ2v) is 3.93. The Bertz CT molecular complexity index is 284. The first-order valence-corrected chi connectivity index (χ1v) is 4.79. The minimum Gasteiger partial charge on any atom is -0.465 e. The first-order valence-electron chi connectivity index (χ1n) is 4.79. The van der Waals surface area contributed by atoms with E-state index in [9.17, 15) is 18.0 Å². The Balaban J connectivity index is 2.74. The zero-order valence-electron chi connectivity index (χ0n) is 9.06. The van der Waals surface area contributed by atoms with Gasteiger partial charge >= 0.3 is 12.1 Å². The molecule has 0 aliphatic heterocycles. The molecule has 0 atom stereocenters. The molecule has 0 amide bonds. The van der Waals surface area contributed by atoms with Gasteiger partial charge in [-0.2, -0.15) is 13.2 Å². The molecule has 0 bridgehead atoms. The number of esters is 1. The van der Waals surface area contributed by atoms with Gasteiger partial charge in [0.2, 0.25) is 0 Å². The number of carbonyl (C=O) groups excluding carboxylic acids is 1. The van der Waals surface area contributed by atoms with Crippen molar-refractivity contribution in [3.05, 3.63) is 0 Å². The molecule has 1 aliphatic rings. The van der Waals surface area contributed by atoms with E-state index in [1.54, 1.807) is 6.92 Å². The summed E-state index contributed by atoms with van der Waals surface area (Å²) in [5.74, 6) is -0.813. The molecular weight excluding hydrogens is 227 g/mol. The van der Waals surface area contributed by atoms with E-state index in [1.807, 2.05) is 0 Å². The van der Waals surface area contributed by atoms with Crippen molar-refractivity contribution in [1.82, 2.24) is 0 Å². The number of hydrogen-bond acceptors (Lipinski definition) is 4. The minimum atomic E-state index is -4.53. The Morgan fingerprint density at radius 3 is 2.25 bits per heavy atom. The van der Waals surface area contributed by atoms with Gasteiger partial charge in [0, 0.05) is 20.0 Å². The molecule has 0 radical (unpaired) electrons. The number of halogens is 3. The Labute approximate surface area is 90.9 Å². The van der Waals surface area contributed by atoms with Crippen LogP contribution in [0, 0.1) is 0 Å². The summed E-state index contributed by atoms with van der Waals surface area (Å²) in [7, 11) is 0.957. The summed E-state index contributed by atoms with van der Waals surface area (Å²) >= 11 is 0. The van der Waals surface area contributed by atoms with Crippen molar-refractivity contribution >= 4 is 5.97 Å². The van der Waals surface area contributed by atoms with Crippen LogP contribution in [0.3, 0.4) is 0 Å². The monoisotopic (exact) mass is 241 g/mol. The first-order chi connectivity index (χ1) is 7.21. The average molecular weight is 241 g/mol. The molecule has 94 valence electrons. The van der Waals surface area contributed by atoms with Gasteiger partial charge in [-0.1, -0.05) is 0 Å². The zero-order chi connectivity index (χ0) is 12.6. The van der Waals surface area contributed by atoms with Crippen LogP contribution in [0.25, 0.3) is 0 Å². The fourth-order valence-corrected chi connectivity index (χ4v) is 1.85. The molecule has 0 aromatic carbocycles. The van der Waals surface area contributed by atoms with E-state index in [0.717, 1.165) is 7.11 Å². The van der Waals surface area contributed by atoms with Gasteiger partial charge < -0.3 is 15.2 Å². The van der Waals surface area contributed by atoms with Crippen molar-refractivity contribution in [2.75, 3.05) is 13.7 Å².